The highest BCUT2D eigenvalue weighted by atomic mass is 19.1. The molecule has 1 spiro atoms. The van der Waals surface area contributed by atoms with Gasteiger partial charge in [-0.15, -0.1) is 0 Å². The first-order chi connectivity index (χ1) is 15.0. The van der Waals surface area contributed by atoms with Crippen molar-refractivity contribution in [2.45, 2.75) is 30.8 Å². The average Bonchev–Trinajstić information content (AvgIpc) is 3.47. The van der Waals surface area contributed by atoms with Crippen molar-refractivity contribution in [3.8, 4) is 0 Å². The molecule has 0 saturated carbocycles. The van der Waals surface area contributed by atoms with Gasteiger partial charge in [0.05, 0.1) is 11.8 Å². The average molecular weight is 419 g/mol. The molecule has 4 atom stereocenters. The van der Waals surface area contributed by atoms with Gasteiger partial charge in [-0.3, -0.25) is 24.2 Å². The van der Waals surface area contributed by atoms with Gasteiger partial charge in [0.1, 0.15) is 11.4 Å². The number of anilines is 1. The van der Waals surface area contributed by atoms with Gasteiger partial charge in [0, 0.05) is 23.8 Å². The van der Waals surface area contributed by atoms with Crippen LogP contribution in [0.3, 0.4) is 0 Å². The summed E-state index contributed by atoms with van der Waals surface area (Å²) in [6, 6.07) is 13.7. The minimum atomic E-state index is -1.31. The van der Waals surface area contributed by atoms with Crippen LogP contribution in [-0.4, -0.2) is 46.7 Å². The van der Waals surface area contributed by atoms with Crippen LogP contribution in [0.5, 0.6) is 0 Å². The Kier molecular flexibility index (Phi) is 3.90. The van der Waals surface area contributed by atoms with E-state index in [0.29, 0.717) is 24.2 Å². The monoisotopic (exact) mass is 419 g/mol. The summed E-state index contributed by atoms with van der Waals surface area (Å²) in [5, 5.41) is 2.86. The number of hydrogen-bond acceptors (Lipinski definition) is 4. The molecule has 0 radical (unpaired) electrons. The van der Waals surface area contributed by atoms with Gasteiger partial charge in [0.15, 0.2) is 0 Å². The lowest BCUT2D eigenvalue weighted by molar-refractivity contribution is -0.145. The number of nitrogens with one attached hydrogen (secondary N) is 1. The summed E-state index contributed by atoms with van der Waals surface area (Å²) in [6.45, 7) is 0.903. The van der Waals surface area contributed by atoms with E-state index in [1.165, 1.54) is 17.0 Å². The fraction of sp³-hybridized carbons (Fsp3) is 0.375. The number of benzene rings is 2. The molecule has 0 aromatic heterocycles. The quantitative estimate of drug-likeness (QED) is 0.776. The third-order valence-electron chi connectivity index (χ3n) is 7.51. The van der Waals surface area contributed by atoms with Crippen molar-refractivity contribution in [3.63, 3.8) is 0 Å². The minimum Gasteiger partial charge on any atom is -0.324 e. The van der Waals surface area contributed by atoms with Crippen molar-refractivity contribution in [2.24, 2.45) is 11.8 Å². The van der Waals surface area contributed by atoms with E-state index in [2.05, 4.69) is 5.32 Å². The molecule has 3 amide bonds. The van der Waals surface area contributed by atoms with Gasteiger partial charge in [-0.05, 0) is 49.6 Å². The number of fused-ring (bicyclic) bond motifs is 7. The van der Waals surface area contributed by atoms with Crippen LogP contribution in [0.2, 0.25) is 0 Å². The van der Waals surface area contributed by atoms with E-state index in [-0.39, 0.29) is 30.3 Å². The normalized spacial score (nSPS) is 31.3. The van der Waals surface area contributed by atoms with Crippen molar-refractivity contribution < 1.29 is 18.8 Å². The Balaban J connectivity index is 1.43. The van der Waals surface area contributed by atoms with Crippen LogP contribution in [0.15, 0.2) is 48.5 Å². The van der Waals surface area contributed by atoms with Gasteiger partial charge < -0.3 is 5.32 Å². The van der Waals surface area contributed by atoms with E-state index < -0.39 is 23.2 Å². The second-order valence-electron chi connectivity index (χ2n) is 8.88. The van der Waals surface area contributed by atoms with Gasteiger partial charge >= 0.3 is 0 Å². The molecular formula is C24H22FN3O3. The molecule has 4 heterocycles. The van der Waals surface area contributed by atoms with Crippen molar-refractivity contribution in [1.29, 1.82) is 0 Å². The zero-order chi connectivity index (χ0) is 21.3. The van der Waals surface area contributed by atoms with E-state index in [0.717, 1.165) is 18.4 Å². The molecule has 4 aliphatic heterocycles. The molecular weight excluding hydrogens is 397 g/mol. The van der Waals surface area contributed by atoms with Gasteiger partial charge in [-0.1, -0.05) is 30.3 Å². The molecule has 4 aliphatic rings. The van der Waals surface area contributed by atoms with E-state index >= 15 is 0 Å². The smallest absolute Gasteiger partial charge is 0.250 e. The lowest BCUT2D eigenvalue weighted by Gasteiger charge is -2.36. The zero-order valence-corrected chi connectivity index (χ0v) is 16.9. The van der Waals surface area contributed by atoms with Gasteiger partial charge in [-0.2, -0.15) is 0 Å². The summed E-state index contributed by atoms with van der Waals surface area (Å²) in [7, 11) is 0. The highest BCUT2D eigenvalue weighted by molar-refractivity contribution is 6.15. The van der Waals surface area contributed by atoms with Crippen molar-refractivity contribution in [1.82, 2.24) is 9.80 Å². The van der Waals surface area contributed by atoms with Crippen LogP contribution in [0.1, 0.15) is 24.0 Å². The predicted octanol–water partition coefficient (Wildman–Crippen LogP) is 2.29. The maximum Gasteiger partial charge on any atom is 0.250 e. The van der Waals surface area contributed by atoms with Gasteiger partial charge in [0.25, 0.3) is 0 Å². The van der Waals surface area contributed by atoms with Crippen molar-refractivity contribution in [3.05, 3.63) is 65.5 Å². The summed E-state index contributed by atoms with van der Waals surface area (Å²) in [4.78, 5) is 43.9. The Labute approximate surface area is 179 Å². The Bertz CT molecular complexity index is 1120. The molecule has 1 N–H and O–H groups in total. The topological polar surface area (TPSA) is 69.7 Å². The molecule has 0 aliphatic carbocycles. The Morgan fingerprint density at radius 2 is 1.87 bits per heavy atom. The molecule has 2 aromatic rings. The number of halogens is 1. The lowest BCUT2D eigenvalue weighted by atomic mass is 9.75. The number of carbonyl (C=O) groups excluding carboxylic acids is 3. The first-order valence-corrected chi connectivity index (χ1v) is 10.8. The highest BCUT2D eigenvalue weighted by Crippen LogP contribution is 2.60. The van der Waals surface area contributed by atoms with Gasteiger partial charge in [-0.25, -0.2) is 4.39 Å². The number of imide groups is 1. The maximum atomic E-state index is 14.3. The van der Waals surface area contributed by atoms with E-state index in [4.69, 9.17) is 0 Å². The number of hydrogen-bond donors (Lipinski definition) is 1. The van der Waals surface area contributed by atoms with Crippen LogP contribution in [0, 0.1) is 17.7 Å². The first-order valence-electron chi connectivity index (χ1n) is 10.8. The molecule has 3 saturated heterocycles. The second-order valence-corrected chi connectivity index (χ2v) is 8.88. The maximum absolute atomic E-state index is 14.3. The third kappa shape index (κ3) is 2.32. The first kappa shape index (κ1) is 18.7. The van der Waals surface area contributed by atoms with E-state index in [1.807, 2.05) is 35.2 Å². The Morgan fingerprint density at radius 3 is 2.68 bits per heavy atom. The van der Waals surface area contributed by atoms with E-state index in [1.54, 1.807) is 6.07 Å². The minimum absolute atomic E-state index is 0.178. The molecule has 3 fully saturated rings. The van der Waals surface area contributed by atoms with E-state index in [9.17, 15) is 18.8 Å². The molecule has 6 rings (SSSR count). The number of nitrogens with zero attached hydrogens (tertiary/aromatic N) is 2. The number of rotatable bonds is 3. The van der Waals surface area contributed by atoms with Crippen LogP contribution in [0.25, 0.3) is 0 Å². The Morgan fingerprint density at radius 1 is 1.06 bits per heavy atom. The second kappa shape index (κ2) is 6.47. The summed E-state index contributed by atoms with van der Waals surface area (Å²) >= 11 is 0. The molecule has 6 nitrogen and oxygen atoms in total. The molecule has 31 heavy (non-hydrogen) atoms. The van der Waals surface area contributed by atoms with Crippen LogP contribution >= 0.6 is 0 Å². The van der Waals surface area contributed by atoms with Crippen molar-refractivity contribution in [2.75, 3.05) is 18.4 Å². The van der Waals surface area contributed by atoms with Crippen LogP contribution in [0.4, 0.5) is 10.1 Å². The summed E-state index contributed by atoms with van der Waals surface area (Å²) in [5.41, 5.74) is 0.754. The molecule has 0 bridgehead atoms. The molecule has 0 unspecified atom stereocenters. The number of likely N-dealkylation sites (tertiary alicyclic amines) is 1. The third-order valence-corrected chi connectivity index (χ3v) is 7.51. The largest absolute Gasteiger partial charge is 0.324 e. The summed E-state index contributed by atoms with van der Waals surface area (Å²) in [5.74, 6) is -2.66. The summed E-state index contributed by atoms with van der Waals surface area (Å²) < 4.78 is 14.3. The lowest BCUT2D eigenvalue weighted by Crippen LogP contribution is -2.54. The van der Waals surface area contributed by atoms with Crippen LogP contribution < -0.4 is 5.32 Å². The predicted molar refractivity (Wildman–Crippen MR) is 110 cm³/mol. The Hall–Kier alpha value is -3.06. The number of carbonyl (C=O) groups is 3. The molecule has 2 aromatic carbocycles. The SMILES string of the molecule is O=C1[C@H]2[C@@H](C(=O)N1CCc1ccccc1)[C@]1(C(=O)Nc3ccc(F)cc31)N1CCC[C@@H]21. The fourth-order valence-electron chi connectivity index (χ4n) is 6.34. The highest BCUT2D eigenvalue weighted by Gasteiger charge is 2.74. The fourth-order valence-corrected chi connectivity index (χ4v) is 6.34. The zero-order valence-electron chi connectivity index (χ0n) is 16.9. The standard InChI is InChI=1S/C24H22FN3O3/c25-15-8-9-17-16(13-15)24(23(31)26-17)20-19(18-7-4-11-28(18)24)21(29)27(22(20)30)12-10-14-5-2-1-3-6-14/h1-3,5-6,8-9,13,18-20H,4,7,10-12H2,(H,26,31)/t18-,19+,20-,24+/m0/s1. The van der Waals surface area contributed by atoms with Gasteiger partial charge in [0.2, 0.25) is 17.7 Å². The molecule has 158 valence electrons. The summed E-state index contributed by atoms with van der Waals surface area (Å²) in [6.07, 6.45) is 2.17. The van der Waals surface area contributed by atoms with Crippen LogP contribution in [-0.2, 0) is 26.3 Å². The number of amides is 3. The van der Waals surface area contributed by atoms with Crippen molar-refractivity contribution >= 4 is 23.4 Å². The molecule has 7 heteroatoms.